The van der Waals surface area contributed by atoms with E-state index in [4.69, 9.17) is 0 Å². The first-order valence-corrected chi connectivity index (χ1v) is 8.18. The maximum absolute atomic E-state index is 12.6. The van der Waals surface area contributed by atoms with E-state index in [2.05, 4.69) is 26.1 Å². The average Bonchev–Trinajstić information content (AvgIpc) is 2.41. The monoisotopic (exact) mass is 296 g/mol. The number of rotatable bonds is 2. The average molecular weight is 296 g/mol. The fraction of sp³-hybridized carbons (Fsp3) is 0.875. The highest BCUT2D eigenvalue weighted by atomic mass is 16.4. The molecule has 5 nitrogen and oxygen atoms in total. The maximum Gasteiger partial charge on any atom is 0.329 e. The van der Waals surface area contributed by atoms with Crippen molar-refractivity contribution in [1.82, 2.24) is 10.2 Å². The summed E-state index contributed by atoms with van der Waals surface area (Å²) in [7, 11) is 0. The van der Waals surface area contributed by atoms with Crippen molar-refractivity contribution in [3.8, 4) is 0 Å². The van der Waals surface area contributed by atoms with Gasteiger partial charge in [-0.2, -0.15) is 0 Å². The summed E-state index contributed by atoms with van der Waals surface area (Å²) in [6.45, 7) is 7.00. The molecule has 1 saturated carbocycles. The second-order valence-electron chi connectivity index (χ2n) is 7.07. The van der Waals surface area contributed by atoms with Crippen molar-refractivity contribution in [2.75, 3.05) is 6.54 Å². The van der Waals surface area contributed by atoms with Gasteiger partial charge in [-0.1, -0.05) is 26.7 Å². The van der Waals surface area contributed by atoms with Gasteiger partial charge in [-0.3, -0.25) is 0 Å². The van der Waals surface area contributed by atoms with E-state index in [1.165, 1.54) is 0 Å². The Kier molecular flexibility index (Phi) is 4.79. The van der Waals surface area contributed by atoms with Crippen molar-refractivity contribution in [2.24, 2.45) is 11.8 Å². The number of aliphatic carboxylic acids is 1. The van der Waals surface area contributed by atoms with Crippen LogP contribution in [0.5, 0.6) is 0 Å². The number of carbonyl (C=O) groups is 2. The summed E-state index contributed by atoms with van der Waals surface area (Å²) >= 11 is 0. The minimum atomic E-state index is -1.07. The summed E-state index contributed by atoms with van der Waals surface area (Å²) in [5.74, 6) is -0.0801. The molecule has 4 atom stereocenters. The van der Waals surface area contributed by atoms with Crippen molar-refractivity contribution in [2.45, 2.75) is 70.9 Å². The Labute approximate surface area is 127 Å². The molecule has 0 aromatic rings. The molecule has 5 heteroatoms. The molecule has 0 aromatic heterocycles. The van der Waals surface area contributed by atoms with E-state index in [1.54, 1.807) is 0 Å². The number of urea groups is 1. The molecule has 0 spiro atoms. The molecule has 0 aromatic carbocycles. The topological polar surface area (TPSA) is 69.6 Å². The van der Waals surface area contributed by atoms with Crippen molar-refractivity contribution in [3.63, 3.8) is 0 Å². The van der Waals surface area contributed by atoms with Crippen molar-refractivity contribution < 1.29 is 14.7 Å². The van der Waals surface area contributed by atoms with E-state index in [0.29, 0.717) is 24.7 Å². The summed E-state index contributed by atoms with van der Waals surface area (Å²) in [4.78, 5) is 26.2. The van der Waals surface area contributed by atoms with E-state index < -0.39 is 11.5 Å². The standard InChI is InChI=1S/C16H28N2O3/c1-11-6-4-8-16(10-11,14(19)20)17-15(21)18-9-5-7-12(2)13(18)3/h11-13H,4-10H2,1-3H3,(H,17,21)(H,19,20). The van der Waals surface area contributed by atoms with E-state index in [9.17, 15) is 14.7 Å². The first-order valence-electron chi connectivity index (χ1n) is 8.18. The van der Waals surface area contributed by atoms with Gasteiger partial charge in [0.2, 0.25) is 0 Å². The minimum Gasteiger partial charge on any atom is -0.480 e. The van der Waals surface area contributed by atoms with Gasteiger partial charge in [-0.15, -0.1) is 0 Å². The van der Waals surface area contributed by atoms with Gasteiger partial charge in [0.15, 0.2) is 0 Å². The van der Waals surface area contributed by atoms with Gasteiger partial charge in [0.05, 0.1) is 0 Å². The lowest BCUT2D eigenvalue weighted by Crippen LogP contribution is -2.61. The van der Waals surface area contributed by atoms with Gasteiger partial charge in [-0.25, -0.2) is 9.59 Å². The summed E-state index contributed by atoms with van der Waals surface area (Å²) in [5.41, 5.74) is -1.07. The third kappa shape index (κ3) is 3.33. The number of amides is 2. The fourth-order valence-electron chi connectivity index (χ4n) is 3.81. The Balaban J connectivity index is 2.09. The molecule has 1 aliphatic heterocycles. The Morgan fingerprint density at radius 2 is 1.90 bits per heavy atom. The zero-order chi connectivity index (χ0) is 15.6. The van der Waals surface area contributed by atoms with Gasteiger partial charge in [0.1, 0.15) is 5.54 Å². The summed E-state index contributed by atoms with van der Waals surface area (Å²) in [6, 6.07) is -0.0313. The van der Waals surface area contributed by atoms with E-state index in [-0.39, 0.29) is 12.1 Å². The third-order valence-electron chi connectivity index (χ3n) is 5.39. The molecule has 2 fully saturated rings. The van der Waals surface area contributed by atoms with Gasteiger partial charge in [0.25, 0.3) is 0 Å². The zero-order valence-electron chi connectivity index (χ0n) is 13.4. The van der Waals surface area contributed by atoms with Crippen LogP contribution in [0.4, 0.5) is 4.79 Å². The molecule has 4 unspecified atom stereocenters. The SMILES string of the molecule is CC1CCCC(NC(=O)N2CCCC(C)C2C)(C(=O)O)C1. The molecule has 2 rings (SSSR count). The number of hydrogen-bond donors (Lipinski definition) is 2. The summed E-state index contributed by atoms with van der Waals surface area (Å²) in [6.07, 6.45) is 5.10. The highest BCUT2D eigenvalue weighted by molar-refractivity contribution is 5.86. The van der Waals surface area contributed by atoms with Gasteiger partial charge < -0.3 is 15.3 Å². The zero-order valence-corrected chi connectivity index (χ0v) is 13.4. The Morgan fingerprint density at radius 1 is 1.19 bits per heavy atom. The normalized spacial score (nSPS) is 37.1. The van der Waals surface area contributed by atoms with Crippen LogP contribution in [0.3, 0.4) is 0 Å². The molecule has 0 radical (unpaired) electrons. The fourth-order valence-corrected chi connectivity index (χ4v) is 3.81. The van der Waals surface area contributed by atoms with Crippen molar-refractivity contribution in [3.05, 3.63) is 0 Å². The van der Waals surface area contributed by atoms with Gasteiger partial charge in [0, 0.05) is 12.6 Å². The molecule has 1 aliphatic carbocycles. The lowest BCUT2D eigenvalue weighted by Gasteiger charge is -2.42. The van der Waals surface area contributed by atoms with Crippen LogP contribution in [-0.2, 0) is 4.79 Å². The lowest BCUT2D eigenvalue weighted by molar-refractivity contribution is -0.146. The maximum atomic E-state index is 12.6. The quantitative estimate of drug-likeness (QED) is 0.823. The molecular weight excluding hydrogens is 268 g/mol. The summed E-state index contributed by atoms with van der Waals surface area (Å²) < 4.78 is 0. The number of piperidine rings is 1. The van der Waals surface area contributed by atoms with Crippen LogP contribution < -0.4 is 5.32 Å². The van der Waals surface area contributed by atoms with Gasteiger partial charge >= 0.3 is 12.0 Å². The predicted octanol–water partition coefficient (Wildman–Crippen LogP) is 2.85. The smallest absolute Gasteiger partial charge is 0.329 e. The molecule has 2 N–H and O–H groups in total. The van der Waals surface area contributed by atoms with E-state index in [1.807, 2.05) is 4.90 Å². The highest BCUT2D eigenvalue weighted by Crippen LogP contribution is 2.33. The number of carbonyl (C=O) groups excluding carboxylic acids is 1. The van der Waals surface area contributed by atoms with Crippen LogP contribution in [0.15, 0.2) is 0 Å². The second-order valence-corrected chi connectivity index (χ2v) is 7.07. The van der Waals surface area contributed by atoms with Crippen molar-refractivity contribution >= 4 is 12.0 Å². The van der Waals surface area contributed by atoms with Crippen molar-refractivity contribution in [1.29, 1.82) is 0 Å². The largest absolute Gasteiger partial charge is 0.480 e. The van der Waals surface area contributed by atoms with E-state index in [0.717, 1.165) is 32.2 Å². The highest BCUT2D eigenvalue weighted by Gasteiger charge is 2.44. The number of carboxylic acid groups (broad SMARTS) is 1. The Bertz CT molecular complexity index is 412. The molecule has 21 heavy (non-hydrogen) atoms. The second kappa shape index (κ2) is 6.24. The molecule has 120 valence electrons. The van der Waals surface area contributed by atoms with Crippen LogP contribution in [0.1, 0.15) is 59.3 Å². The lowest BCUT2D eigenvalue weighted by atomic mass is 9.76. The number of likely N-dealkylation sites (tertiary alicyclic amines) is 1. The molecular formula is C16H28N2O3. The number of hydrogen-bond acceptors (Lipinski definition) is 2. The molecule has 2 amide bonds. The van der Waals surface area contributed by atoms with E-state index >= 15 is 0 Å². The van der Waals surface area contributed by atoms with Gasteiger partial charge in [-0.05, 0) is 44.4 Å². The molecule has 0 bridgehead atoms. The Hall–Kier alpha value is -1.26. The van der Waals surface area contributed by atoms with Crippen LogP contribution in [0, 0.1) is 11.8 Å². The predicted molar refractivity (Wildman–Crippen MR) is 81.1 cm³/mol. The number of nitrogens with one attached hydrogen (secondary N) is 1. The minimum absolute atomic E-state index is 0.172. The Morgan fingerprint density at radius 3 is 2.52 bits per heavy atom. The number of nitrogens with zero attached hydrogens (tertiary/aromatic N) is 1. The van der Waals surface area contributed by atoms with Crippen LogP contribution >= 0.6 is 0 Å². The molecule has 1 heterocycles. The van der Waals surface area contributed by atoms with Crippen LogP contribution in [0.2, 0.25) is 0 Å². The first kappa shape index (κ1) is 16.1. The molecule has 2 aliphatic rings. The van der Waals surface area contributed by atoms with Crippen LogP contribution in [-0.4, -0.2) is 40.1 Å². The third-order valence-corrected chi connectivity index (χ3v) is 5.39. The summed E-state index contributed by atoms with van der Waals surface area (Å²) in [5, 5.41) is 12.5. The first-order chi connectivity index (χ1) is 9.85. The molecule has 1 saturated heterocycles. The van der Waals surface area contributed by atoms with Crippen LogP contribution in [0.25, 0.3) is 0 Å². The number of carboxylic acids is 1.